The molecular weight excluding hydrogens is 585 g/mol. The van der Waals surface area contributed by atoms with Crippen molar-refractivity contribution in [3.63, 3.8) is 0 Å². The van der Waals surface area contributed by atoms with E-state index in [2.05, 4.69) is 20.7 Å². The van der Waals surface area contributed by atoms with E-state index >= 15 is 0 Å². The molecule has 5 rings (SSSR count). The number of hydrogen-bond acceptors (Lipinski definition) is 5. The molecule has 2 aliphatic rings. The molecule has 15 heteroatoms. The average Bonchev–Trinajstić information content (AvgIpc) is 3.33. The number of urea groups is 1. The second-order valence-electron chi connectivity index (χ2n) is 12.0. The third kappa shape index (κ3) is 6.50. The molecule has 8 nitrogen and oxygen atoms in total. The third-order valence-electron chi connectivity index (χ3n) is 8.40. The molecule has 1 saturated carbocycles. The Labute approximate surface area is 242 Å². The van der Waals surface area contributed by atoms with Crippen LogP contribution in [0.25, 0.3) is 5.65 Å². The van der Waals surface area contributed by atoms with E-state index in [9.17, 15) is 40.6 Å². The minimum absolute atomic E-state index is 0.0846. The Morgan fingerprint density at radius 1 is 0.977 bits per heavy atom. The van der Waals surface area contributed by atoms with Gasteiger partial charge in [-0.3, -0.25) is 0 Å². The summed E-state index contributed by atoms with van der Waals surface area (Å²) in [5.74, 6) is -0.758. The lowest BCUT2D eigenvalue weighted by Crippen LogP contribution is -2.66. The number of carbonyl (C=O) groups is 1. The number of nitrogens with one attached hydrogen (secondary N) is 2. The van der Waals surface area contributed by atoms with E-state index < -0.39 is 46.2 Å². The first kappa shape index (κ1) is 30.8. The van der Waals surface area contributed by atoms with E-state index in [1.807, 2.05) is 0 Å². The number of aromatic nitrogens is 3. The number of carbonyl (C=O) groups excluding carboxylic acids is 1. The number of nitrogens with zero attached hydrogens (tertiary/aromatic N) is 4. The summed E-state index contributed by atoms with van der Waals surface area (Å²) in [4.78, 5) is 17.9. The summed E-state index contributed by atoms with van der Waals surface area (Å²) in [5, 5.41) is 19.5. The molecule has 234 valence electrons. The minimum Gasteiger partial charge on any atom is -0.390 e. The van der Waals surface area contributed by atoms with Crippen molar-refractivity contribution in [3.8, 4) is 0 Å². The molecule has 0 radical (unpaired) electrons. The van der Waals surface area contributed by atoms with Gasteiger partial charge in [-0.2, -0.15) is 36.0 Å². The number of aliphatic hydroxyl groups is 1. The highest BCUT2D eigenvalue weighted by Gasteiger charge is 2.47. The Hall–Kier alpha value is -3.62. The molecule has 2 aromatic heterocycles. The molecule has 1 aromatic carbocycles. The van der Waals surface area contributed by atoms with Crippen LogP contribution < -0.4 is 10.6 Å². The maximum Gasteiger partial charge on any atom is 0.435 e. The minimum atomic E-state index is -4.94. The van der Waals surface area contributed by atoms with E-state index in [0.717, 1.165) is 12.8 Å². The molecule has 43 heavy (non-hydrogen) atoms. The Bertz CT molecular complexity index is 1470. The third-order valence-corrected chi connectivity index (χ3v) is 8.40. The normalized spacial score (nSPS) is 21.0. The fourth-order valence-electron chi connectivity index (χ4n) is 5.88. The van der Waals surface area contributed by atoms with Crippen LogP contribution in [0.15, 0.2) is 36.4 Å². The van der Waals surface area contributed by atoms with Crippen molar-refractivity contribution >= 4 is 17.5 Å². The zero-order valence-electron chi connectivity index (χ0n) is 23.4. The Balaban J connectivity index is 1.35. The number of hydrogen-bond donors (Lipinski definition) is 3. The van der Waals surface area contributed by atoms with Gasteiger partial charge in [-0.25, -0.2) is 14.2 Å². The van der Waals surface area contributed by atoms with E-state index in [1.165, 1.54) is 29.2 Å². The first-order valence-corrected chi connectivity index (χ1v) is 13.8. The van der Waals surface area contributed by atoms with E-state index in [0.29, 0.717) is 35.1 Å². The van der Waals surface area contributed by atoms with Crippen molar-refractivity contribution in [3.05, 3.63) is 59.2 Å². The fourth-order valence-corrected chi connectivity index (χ4v) is 5.88. The predicted molar refractivity (Wildman–Crippen MR) is 142 cm³/mol. The molecule has 3 N–H and O–H groups in total. The van der Waals surface area contributed by atoms with E-state index in [-0.39, 0.29) is 43.4 Å². The van der Waals surface area contributed by atoms with Crippen LogP contribution in [-0.2, 0) is 17.8 Å². The zero-order valence-corrected chi connectivity index (χ0v) is 23.4. The molecule has 0 spiro atoms. The molecule has 0 unspecified atom stereocenters. The average molecular weight is 617 g/mol. The molecule has 1 aliphatic carbocycles. The van der Waals surface area contributed by atoms with Gasteiger partial charge in [-0.1, -0.05) is 12.1 Å². The van der Waals surface area contributed by atoms with Gasteiger partial charge in [-0.05, 0) is 63.1 Å². The first-order valence-electron chi connectivity index (χ1n) is 13.8. The molecule has 3 aromatic rings. The lowest BCUT2D eigenvalue weighted by atomic mass is 9.73. The standard InChI is InChI=1S/C28H31F7N6O2/c1-25(2,43)16-5-9-19(10-6-16)37-24(42)40-14-26(15-40,17-3-7-18(29)8-4-17)13-36-22-11-20(27(30,31)32)38-23-12-21(28(33,34)35)39-41(22)23/h3-4,7-8,11-12,16,19,36,43H,5-6,9-10,13-15H2,1-2H3,(H,37,42). The monoisotopic (exact) mass is 616 g/mol. The highest BCUT2D eigenvalue weighted by atomic mass is 19.4. The number of benzene rings is 1. The summed E-state index contributed by atoms with van der Waals surface area (Å²) in [6.07, 6.45) is -6.95. The van der Waals surface area contributed by atoms with Gasteiger partial charge >= 0.3 is 18.4 Å². The SMILES string of the molecule is CC(C)(O)C1CCC(NC(=O)N2CC(CNc3cc(C(F)(F)F)nc4cc(C(F)(F)F)nn34)(c3ccc(F)cc3)C2)CC1. The van der Waals surface area contributed by atoms with E-state index in [1.54, 1.807) is 13.8 Å². The summed E-state index contributed by atoms with van der Waals surface area (Å²) in [6, 6.07) is 6.03. The van der Waals surface area contributed by atoms with Crippen LogP contribution in [0, 0.1) is 11.7 Å². The number of anilines is 1. The van der Waals surface area contributed by atoms with Gasteiger partial charge in [0, 0.05) is 43.2 Å². The highest BCUT2D eigenvalue weighted by molar-refractivity contribution is 5.76. The number of alkyl halides is 6. The van der Waals surface area contributed by atoms with Crippen molar-refractivity contribution in [2.24, 2.45) is 5.92 Å². The van der Waals surface area contributed by atoms with Gasteiger partial charge in [-0.15, -0.1) is 0 Å². The lowest BCUT2D eigenvalue weighted by Gasteiger charge is -2.51. The van der Waals surface area contributed by atoms with Gasteiger partial charge in [0.1, 0.15) is 11.6 Å². The summed E-state index contributed by atoms with van der Waals surface area (Å²) >= 11 is 0. The van der Waals surface area contributed by atoms with Crippen LogP contribution in [0.3, 0.4) is 0 Å². The molecule has 2 amide bonds. The Morgan fingerprint density at radius 3 is 2.14 bits per heavy atom. The molecule has 0 bridgehead atoms. The molecule has 1 saturated heterocycles. The summed E-state index contributed by atoms with van der Waals surface area (Å²) < 4.78 is 95.0. The maximum atomic E-state index is 13.7. The number of halogens is 7. The largest absolute Gasteiger partial charge is 0.435 e. The second-order valence-corrected chi connectivity index (χ2v) is 12.0. The number of likely N-dealkylation sites (tertiary alicyclic amines) is 1. The fraction of sp³-hybridized carbons (Fsp3) is 0.536. The van der Waals surface area contributed by atoms with Crippen LogP contribution in [0.5, 0.6) is 0 Å². The van der Waals surface area contributed by atoms with Crippen LogP contribution >= 0.6 is 0 Å². The summed E-state index contributed by atoms with van der Waals surface area (Å²) in [6.45, 7) is 3.66. The number of fused-ring (bicyclic) bond motifs is 1. The molecule has 2 fully saturated rings. The van der Waals surface area contributed by atoms with E-state index in [4.69, 9.17) is 0 Å². The predicted octanol–water partition coefficient (Wildman–Crippen LogP) is 5.61. The van der Waals surface area contributed by atoms with Gasteiger partial charge in [0.15, 0.2) is 17.0 Å². The quantitative estimate of drug-likeness (QED) is 0.313. The Kier molecular flexibility index (Phi) is 7.76. The molecular formula is C28H31F7N6O2. The van der Waals surface area contributed by atoms with Crippen LogP contribution in [0.1, 0.15) is 56.5 Å². The highest BCUT2D eigenvalue weighted by Crippen LogP contribution is 2.38. The topological polar surface area (TPSA) is 94.8 Å². The first-order chi connectivity index (χ1) is 19.9. The smallest absolute Gasteiger partial charge is 0.390 e. The van der Waals surface area contributed by atoms with Crippen molar-refractivity contribution < 1.29 is 40.6 Å². The molecule has 0 atom stereocenters. The summed E-state index contributed by atoms with van der Waals surface area (Å²) in [7, 11) is 0. The van der Waals surface area contributed by atoms with Crippen molar-refractivity contribution in [1.29, 1.82) is 0 Å². The lowest BCUT2D eigenvalue weighted by molar-refractivity contribution is -0.142. The van der Waals surface area contributed by atoms with Crippen LogP contribution in [-0.4, -0.2) is 61.9 Å². The second kappa shape index (κ2) is 10.8. The van der Waals surface area contributed by atoms with Crippen molar-refractivity contribution in [2.45, 2.75) is 68.9 Å². The van der Waals surface area contributed by atoms with Crippen molar-refractivity contribution in [2.75, 3.05) is 25.0 Å². The van der Waals surface area contributed by atoms with Crippen LogP contribution in [0.4, 0.5) is 41.3 Å². The molecule has 3 heterocycles. The zero-order chi connectivity index (χ0) is 31.4. The van der Waals surface area contributed by atoms with Gasteiger partial charge < -0.3 is 20.6 Å². The summed E-state index contributed by atoms with van der Waals surface area (Å²) in [5.41, 5.74) is -4.56. The Morgan fingerprint density at radius 2 is 1.58 bits per heavy atom. The van der Waals surface area contributed by atoms with Crippen molar-refractivity contribution in [1.82, 2.24) is 24.8 Å². The molecule has 1 aliphatic heterocycles. The number of rotatable bonds is 6. The van der Waals surface area contributed by atoms with Gasteiger partial charge in [0.25, 0.3) is 0 Å². The van der Waals surface area contributed by atoms with Gasteiger partial charge in [0.2, 0.25) is 0 Å². The van der Waals surface area contributed by atoms with Crippen LogP contribution in [0.2, 0.25) is 0 Å². The number of amides is 2. The maximum absolute atomic E-state index is 13.7. The van der Waals surface area contributed by atoms with Gasteiger partial charge in [0.05, 0.1) is 5.60 Å².